The second kappa shape index (κ2) is 6.10. The highest BCUT2D eigenvalue weighted by atomic mass is 16.5. The molecule has 2 N–H and O–H groups in total. The molecule has 0 aliphatic rings. The Morgan fingerprint density at radius 3 is 2.65 bits per heavy atom. The molecule has 1 amide bonds. The molecule has 2 aromatic carbocycles. The molecule has 0 saturated carbocycles. The van der Waals surface area contributed by atoms with E-state index in [9.17, 15) is 9.90 Å². The van der Waals surface area contributed by atoms with Crippen molar-refractivity contribution in [1.29, 1.82) is 0 Å². The average Bonchev–Trinajstić information content (AvgIpc) is 2.41. The van der Waals surface area contributed by atoms with Crippen LogP contribution in [0.2, 0.25) is 0 Å². The van der Waals surface area contributed by atoms with E-state index < -0.39 is 0 Å². The lowest BCUT2D eigenvalue weighted by Crippen LogP contribution is -2.20. The number of hydrogen-bond donors (Lipinski definition) is 2. The van der Waals surface area contributed by atoms with E-state index in [0.717, 1.165) is 16.8 Å². The van der Waals surface area contributed by atoms with Gasteiger partial charge in [0.2, 0.25) is 0 Å². The standard InChI is InChI=1S/C16H17NO3/c1-11-7-8-13(12(2)9-11)17-16(19)10-20-15-6-4-3-5-14(15)18/h3-9,18H,10H2,1-2H3,(H,17,19). The first-order chi connectivity index (χ1) is 9.56. The van der Waals surface area contributed by atoms with E-state index in [1.54, 1.807) is 18.2 Å². The summed E-state index contributed by atoms with van der Waals surface area (Å²) < 4.78 is 5.27. The van der Waals surface area contributed by atoms with E-state index in [0.29, 0.717) is 5.75 Å². The van der Waals surface area contributed by atoms with Crippen molar-refractivity contribution < 1.29 is 14.6 Å². The SMILES string of the molecule is Cc1ccc(NC(=O)COc2ccccc2O)c(C)c1. The zero-order valence-corrected chi connectivity index (χ0v) is 11.5. The van der Waals surface area contributed by atoms with Crippen LogP contribution in [0.15, 0.2) is 42.5 Å². The largest absolute Gasteiger partial charge is 0.504 e. The summed E-state index contributed by atoms with van der Waals surface area (Å²) in [6, 6.07) is 12.3. The molecule has 0 bridgehead atoms. The van der Waals surface area contributed by atoms with Crippen molar-refractivity contribution in [1.82, 2.24) is 0 Å². The van der Waals surface area contributed by atoms with Crippen LogP contribution in [-0.4, -0.2) is 17.6 Å². The molecule has 104 valence electrons. The van der Waals surface area contributed by atoms with Gasteiger partial charge in [-0.1, -0.05) is 29.8 Å². The Bertz CT molecular complexity index is 623. The highest BCUT2D eigenvalue weighted by Crippen LogP contribution is 2.24. The molecule has 2 rings (SSSR count). The van der Waals surface area contributed by atoms with Gasteiger partial charge in [-0.15, -0.1) is 0 Å². The third kappa shape index (κ3) is 3.51. The summed E-state index contributed by atoms with van der Waals surface area (Å²) in [6.07, 6.45) is 0. The van der Waals surface area contributed by atoms with Gasteiger partial charge in [-0.05, 0) is 37.6 Å². The van der Waals surface area contributed by atoms with Gasteiger partial charge in [0.1, 0.15) is 0 Å². The fraction of sp³-hybridized carbons (Fsp3) is 0.188. The Morgan fingerprint density at radius 1 is 1.20 bits per heavy atom. The van der Waals surface area contributed by atoms with Gasteiger partial charge in [0, 0.05) is 5.69 Å². The van der Waals surface area contributed by atoms with Gasteiger partial charge in [-0.25, -0.2) is 0 Å². The van der Waals surface area contributed by atoms with Gasteiger partial charge in [-0.3, -0.25) is 4.79 Å². The Kier molecular flexibility index (Phi) is 4.25. The average molecular weight is 271 g/mol. The van der Waals surface area contributed by atoms with Gasteiger partial charge in [0.05, 0.1) is 0 Å². The van der Waals surface area contributed by atoms with Crippen molar-refractivity contribution in [3.05, 3.63) is 53.6 Å². The van der Waals surface area contributed by atoms with Crippen molar-refractivity contribution in [3.8, 4) is 11.5 Å². The summed E-state index contributed by atoms with van der Waals surface area (Å²) in [5.41, 5.74) is 2.91. The maximum atomic E-state index is 11.8. The molecule has 0 atom stereocenters. The number of rotatable bonds is 4. The van der Waals surface area contributed by atoms with Crippen LogP contribution in [0.25, 0.3) is 0 Å². The highest BCUT2D eigenvalue weighted by Gasteiger charge is 2.07. The predicted molar refractivity (Wildman–Crippen MR) is 78.1 cm³/mol. The van der Waals surface area contributed by atoms with Crippen LogP contribution in [0.3, 0.4) is 0 Å². The number of ether oxygens (including phenoxy) is 1. The lowest BCUT2D eigenvalue weighted by atomic mass is 10.1. The van der Waals surface area contributed by atoms with Crippen LogP contribution in [0.4, 0.5) is 5.69 Å². The fourth-order valence-corrected chi connectivity index (χ4v) is 1.86. The minimum absolute atomic E-state index is 0.0202. The number of carbonyl (C=O) groups excluding carboxylic acids is 1. The molecule has 0 unspecified atom stereocenters. The van der Waals surface area contributed by atoms with Crippen LogP contribution < -0.4 is 10.1 Å². The summed E-state index contributed by atoms with van der Waals surface area (Å²) >= 11 is 0. The second-order valence-corrected chi connectivity index (χ2v) is 4.62. The van der Waals surface area contributed by atoms with Crippen molar-refractivity contribution >= 4 is 11.6 Å². The first-order valence-electron chi connectivity index (χ1n) is 6.34. The van der Waals surface area contributed by atoms with Crippen molar-refractivity contribution in [2.45, 2.75) is 13.8 Å². The quantitative estimate of drug-likeness (QED) is 0.898. The zero-order chi connectivity index (χ0) is 14.5. The van der Waals surface area contributed by atoms with Gasteiger partial charge >= 0.3 is 0 Å². The Morgan fingerprint density at radius 2 is 1.95 bits per heavy atom. The summed E-state index contributed by atoms with van der Waals surface area (Å²) in [4.78, 5) is 11.8. The number of nitrogens with one attached hydrogen (secondary N) is 1. The number of hydrogen-bond acceptors (Lipinski definition) is 3. The second-order valence-electron chi connectivity index (χ2n) is 4.62. The van der Waals surface area contributed by atoms with Gasteiger partial charge < -0.3 is 15.2 Å². The third-order valence-electron chi connectivity index (χ3n) is 2.88. The summed E-state index contributed by atoms with van der Waals surface area (Å²) in [6.45, 7) is 3.79. The van der Waals surface area contributed by atoms with Crippen LogP contribution >= 0.6 is 0 Å². The molecular formula is C16H17NO3. The normalized spacial score (nSPS) is 10.1. The molecule has 4 heteroatoms. The number of carbonyl (C=O) groups is 1. The highest BCUT2D eigenvalue weighted by molar-refractivity contribution is 5.92. The molecule has 0 spiro atoms. The number of anilines is 1. The van der Waals surface area contributed by atoms with Crippen LogP contribution in [0.5, 0.6) is 11.5 Å². The van der Waals surface area contributed by atoms with Gasteiger partial charge in [0.15, 0.2) is 18.1 Å². The van der Waals surface area contributed by atoms with Crippen LogP contribution in [-0.2, 0) is 4.79 Å². The number of phenols is 1. The summed E-state index contributed by atoms with van der Waals surface area (Å²) in [5.74, 6) is 0.0512. The Balaban J connectivity index is 1.94. The molecular weight excluding hydrogens is 254 g/mol. The number of para-hydroxylation sites is 2. The molecule has 20 heavy (non-hydrogen) atoms. The fourth-order valence-electron chi connectivity index (χ4n) is 1.86. The minimum atomic E-state index is -0.264. The maximum Gasteiger partial charge on any atom is 0.262 e. The molecule has 2 aromatic rings. The third-order valence-corrected chi connectivity index (χ3v) is 2.88. The van der Waals surface area contributed by atoms with E-state index in [4.69, 9.17) is 4.74 Å². The number of phenolic OH excluding ortho intramolecular Hbond substituents is 1. The number of aromatic hydroxyl groups is 1. The summed E-state index contributed by atoms with van der Waals surface area (Å²) in [5, 5.41) is 12.3. The molecule has 0 aliphatic heterocycles. The topological polar surface area (TPSA) is 58.6 Å². The Hall–Kier alpha value is -2.49. The van der Waals surface area contributed by atoms with Gasteiger partial charge in [0.25, 0.3) is 5.91 Å². The zero-order valence-electron chi connectivity index (χ0n) is 11.5. The molecule has 0 aliphatic carbocycles. The molecule has 0 heterocycles. The molecule has 0 fully saturated rings. The first-order valence-corrected chi connectivity index (χ1v) is 6.34. The van der Waals surface area contributed by atoms with Crippen molar-refractivity contribution in [2.24, 2.45) is 0 Å². The van der Waals surface area contributed by atoms with E-state index in [1.807, 2.05) is 32.0 Å². The molecule has 0 aromatic heterocycles. The monoisotopic (exact) mass is 271 g/mol. The predicted octanol–water partition coefficient (Wildman–Crippen LogP) is 3.03. The molecule has 0 radical (unpaired) electrons. The molecule has 0 saturated heterocycles. The number of aryl methyl sites for hydroxylation is 2. The first kappa shape index (κ1) is 13.9. The number of amides is 1. The lowest BCUT2D eigenvalue weighted by Gasteiger charge is -2.10. The van der Waals surface area contributed by atoms with Crippen molar-refractivity contribution in [3.63, 3.8) is 0 Å². The van der Waals surface area contributed by atoms with E-state index in [2.05, 4.69) is 5.32 Å². The van der Waals surface area contributed by atoms with Crippen LogP contribution in [0.1, 0.15) is 11.1 Å². The smallest absolute Gasteiger partial charge is 0.262 e. The van der Waals surface area contributed by atoms with Gasteiger partial charge in [-0.2, -0.15) is 0 Å². The van der Waals surface area contributed by atoms with E-state index in [-0.39, 0.29) is 18.3 Å². The van der Waals surface area contributed by atoms with Crippen molar-refractivity contribution in [2.75, 3.05) is 11.9 Å². The maximum absolute atomic E-state index is 11.8. The molecule has 4 nitrogen and oxygen atoms in total. The lowest BCUT2D eigenvalue weighted by molar-refractivity contribution is -0.118. The van der Waals surface area contributed by atoms with E-state index in [1.165, 1.54) is 6.07 Å². The van der Waals surface area contributed by atoms with E-state index >= 15 is 0 Å². The Labute approximate surface area is 118 Å². The minimum Gasteiger partial charge on any atom is -0.504 e. The number of benzene rings is 2. The van der Waals surface area contributed by atoms with Crippen LogP contribution in [0, 0.1) is 13.8 Å². The summed E-state index contributed by atoms with van der Waals surface area (Å²) in [7, 11) is 0.